The lowest BCUT2D eigenvalue weighted by atomic mass is 10.1. The molecule has 2 aromatic rings. The molecule has 26 heavy (non-hydrogen) atoms. The Morgan fingerprint density at radius 3 is 2.46 bits per heavy atom. The minimum atomic E-state index is -0.475. The van der Waals surface area contributed by atoms with Gasteiger partial charge in [0, 0.05) is 17.9 Å². The Bertz CT molecular complexity index is 812. The van der Waals surface area contributed by atoms with Crippen LogP contribution in [0.4, 0.5) is 5.69 Å². The van der Waals surface area contributed by atoms with Crippen molar-refractivity contribution in [1.82, 2.24) is 5.43 Å². The van der Waals surface area contributed by atoms with Gasteiger partial charge in [-0.25, -0.2) is 5.43 Å². The molecule has 0 bridgehead atoms. The predicted octanol–water partition coefficient (Wildman–Crippen LogP) is 3.30. The Kier molecular flexibility index (Phi) is 6.74. The highest BCUT2D eigenvalue weighted by Gasteiger charge is 2.06. The maximum absolute atomic E-state index is 11.8. The molecule has 136 valence electrons. The number of amides is 1. The molecule has 0 atom stereocenters. The topological polar surface area (TPSA) is 105 Å². The van der Waals surface area contributed by atoms with E-state index in [1.54, 1.807) is 12.1 Å². The number of nitrogens with one attached hydrogen (secondary N) is 1. The van der Waals surface area contributed by atoms with E-state index in [-0.39, 0.29) is 17.3 Å². The van der Waals surface area contributed by atoms with Crippen molar-refractivity contribution in [3.05, 3.63) is 68.8 Å². The van der Waals surface area contributed by atoms with E-state index in [1.807, 2.05) is 26.0 Å². The molecular weight excluding hydrogens is 354 g/mol. The Balaban J connectivity index is 1.77. The number of nitro benzene ring substituents is 1. The molecule has 0 saturated carbocycles. The first kappa shape index (κ1) is 19.5. The van der Waals surface area contributed by atoms with Crippen LogP contribution in [0.2, 0.25) is 0 Å². The van der Waals surface area contributed by atoms with Crippen molar-refractivity contribution in [2.24, 2.45) is 5.10 Å². The molecule has 2 N–H and O–H groups in total. The van der Waals surface area contributed by atoms with Gasteiger partial charge >= 0.3 is 0 Å². The third-order valence-electron chi connectivity index (χ3n) is 3.56. The SMILES string of the molecule is Cc1cc(CSCC(=O)N/N=C/c2ccc([N+](=O)[O-])cc2)cc(C)c1O. The predicted molar refractivity (Wildman–Crippen MR) is 103 cm³/mol. The summed E-state index contributed by atoms with van der Waals surface area (Å²) < 4.78 is 0. The number of hydrogen-bond donors (Lipinski definition) is 2. The summed E-state index contributed by atoms with van der Waals surface area (Å²) in [6.45, 7) is 3.69. The minimum Gasteiger partial charge on any atom is -0.507 e. The molecule has 7 nitrogen and oxygen atoms in total. The van der Waals surface area contributed by atoms with Gasteiger partial charge in [-0.3, -0.25) is 14.9 Å². The number of phenols is 1. The number of nitro groups is 1. The monoisotopic (exact) mass is 373 g/mol. The Morgan fingerprint density at radius 2 is 1.88 bits per heavy atom. The van der Waals surface area contributed by atoms with Crippen LogP contribution in [0.3, 0.4) is 0 Å². The van der Waals surface area contributed by atoms with Gasteiger partial charge in [0.1, 0.15) is 5.75 Å². The van der Waals surface area contributed by atoms with Crippen molar-refractivity contribution in [2.75, 3.05) is 5.75 Å². The van der Waals surface area contributed by atoms with E-state index in [0.29, 0.717) is 17.1 Å². The van der Waals surface area contributed by atoms with E-state index in [9.17, 15) is 20.0 Å². The highest BCUT2D eigenvalue weighted by molar-refractivity contribution is 7.99. The number of benzene rings is 2. The van der Waals surface area contributed by atoms with Crippen molar-refractivity contribution < 1.29 is 14.8 Å². The van der Waals surface area contributed by atoms with Crippen LogP contribution in [-0.4, -0.2) is 27.9 Å². The van der Waals surface area contributed by atoms with Gasteiger partial charge in [-0.2, -0.15) is 5.10 Å². The number of nitrogens with zero attached hydrogens (tertiary/aromatic N) is 2. The highest BCUT2D eigenvalue weighted by Crippen LogP contribution is 2.25. The summed E-state index contributed by atoms with van der Waals surface area (Å²) >= 11 is 1.45. The average molecular weight is 373 g/mol. The van der Waals surface area contributed by atoms with E-state index in [4.69, 9.17) is 0 Å². The van der Waals surface area contributed by atoms with Gasteiger partial charge in [-0.1, -0.05) is 12.1 Å². The zero-order chi connectivity index (χ0) is 19.1. The molecule has 0 aliphatic rings. The van der Waals surface area contributed by atoms with Gasteiger partial charge in [-0.15, -0.1) is 11.8 Å². The van der Waals surface area contributed by atoms with E-state index in [0.717, 1.165) is 16.7 Å². The van der Waals surface area contributed by atoms with Gasteiger partial charge < -0.3 is 5.11 Å². The zero-order valence-electron chi connectivity index (χ0n) is 14.4. The van der Waals surface area contributed by atoms with Gasteiger partial charge in [0.05, 0.1) is 16.9 Å². The van der Waals surface area contributed by atoms with E-state index in [2.05, 4.69) is 10.5 Å². The number of hydrazone groups is 1. The second kappa shape index (κ2) is 9.00. The van der Waals surface area contributed by atoms with Crippen LogP contribution in [0, 0.1) is 24.0 Å². The Morgan fingerprint density at radius 1 is 1.27 bits per heavy atom. The number of carbonyl (C=O) groups excluding carboxylic acids is 1. The number of aromatic hydroxyl groups is 1. The lowest BCUT2D eigenvalue weighted by Crippen LogP contribution is -2.19. The summed E-state index contributed by atoms with van der Waals surface area (Å²) in [5, 5.41) is 24.2. The molecule has 8 heteroatoms. The second-order valence-electron chi connectivity index (χ2n) is 5.71. The number of aryl methyl sites for hydroxylation is 2. The second-order valence-corrected chi connectivity index (χ2v) is 6.70. The molecule has 0 unspecified atom stereocenters. The number of hydrogen-bond acceptors (Lipinski definition) is 6. The Hall–Kier alpha value is -2.87. The summed E-state index contributed by atoms with van der Waals surface area (Å²) in [5.41, 5.74) is 5.76. The summed E-state index contributed by atoms with van der Waals surface area (Å²) in [7, 11) is 0. The van der Waals surface area contributed by atoms with Gasteiger partial charge in [0.2, 0.25) is 5.91 Å². The van der Waals surface area contributed by atoms with Crippen LogP contribution >= 0.6 is 11.8 Å². The lowest BCUT2D eigenvalue weighted by Gasteiger charge is -2.07. The third kappa shape index (κ3) is 5.59. The fourth-order valence-corrected chi connectivity index (χ4v) is 3.04. The first-order chi connectivity index (χ1) is 12.4. The molecule has 2 rings (SSSR count). The van der Waals surface area contributed by atoms with Crippen LogP contribution in [0.15, 0.2) is 41.5 Å². The van der Waals surface area contributed by atoms with Crippen molar-refractivity contribution in [1.29, 1.82) is 0 Å². The quantitative estimate of drug-likeness (QED) is 0.440. The van der Waals surface area contributed by atoms with Gasteiger partial charge in [-0.05, 0) is 48.2 Å². The maximum atomic E-state index is 11.8. The molecule has 0 fully saturated rings. The molecule has 2 aromatic carbocycles. The summed E-state index contributed by atoms with van der Waals surface area (Å²) in [5.74, 6) is 0.968. The maximum Gasteiger partial charge on any atom is 0.269 e. The van der Waals surface area contributed by atoms with Crippen LogP contribution in [-0.2, 0) is 10.5 Å². The lowest BCUT2D eigenvalue weighted by molar-refractivity contribution is -0.384. The first-order valence-electron chi connectivity index (χ1n) is 7.80. The molecule has 0 spiro atoms. The van der Waals surface area contributed by atoms with Crippen molar-refractivity contribution in [2.45, 2.75) is 19.6 Å². The third-order valence-corrected chi connectivity index (χ3v) is 4.56. The molecular formula is C18H19N3O4S. The van der Waals surface area contributed by atoms with Gasteiger partial charge in [0.15, 0.2) is 0 Å². The summed E-state index contributed by atoms with van der Waals surface area (Å²) in [6.07, 6.45) is 1.43. The van der Waals surface area contributed by atoms with E-state index < -0.39 is 4.92 Å². The van der Waals surface area contributed by atoms with Crippen molar-refractivity contribution in [3.63, 3.8) is 0 Å². The number of rotatable bonds is 7. The molecule has 0 saturated heterocycles. The van der Waals surface area contributed by atoms with E-state index >= 15 is 0 Å². The van der Waals surface area contributed by atoms with Crippen LogP contribution in [0.1, 0.15) is 22.3 Å². The fraction of sp³-hybridized carbons (Fsp3) is 0.222. The first-order valence-corrected chi connectivity index (χ1v) is 8.95. The average Bonchev–Trinajstić information content (AvgIpc) is 2.60. The highest BCUT2D eigenvalue weighted by atomic mass is 32.2. The normalized spacial score (nSPS) is 10.8. The molecule has 0 aliphatic heterocycles. The van der Waals surface area contributed by atoms with E-state index in [1.165, 1.54) is 30.1 Å². The number of thioether (sulfide) groups is 1. The van der Waals surface area contributed by atoms with Crippen LogP contribution in [0.25, 0.3) is 0 Å². The van der Waals surface area contributed by atoms with Crippen molar-refractivity contribution >= 4 is 29.6 Å². The molecule has 0 heterocycles. The van der Waals surface area contributed by atoms with Crippen molar-refractivity contribution in [3.8, 4) is 5.75 Å². The van der Waals surface area contributed by atoms with Gasteiger partial charge in [0.25, 0.3) is 5.69 Å². The molecule has 0 radical (unpaired) electrons. The standard InChI is InChI=1S/C18H19N3O4S/c1-12-7-15(8-13(2)18(12)23)10-26-11-17(22)20-19-9-14-3-5-16(6-4-14)21(24)25/h3-9,23H,10-11H2,1-2H3,(H,20,22)/b19-9+. The largest absolute Gasteiger partial charge is 0.507 e. The number of phenolic OH excluding ortho intramolecular Hbond substituents is 1. The summed E-state index contributed by atoms with van der Waals surface area (Å²) in [6, 6.07) is 9.66. The molecule has 0 aliphatic carbocycles. The fourth-order valence-electron chi connectivity index (χ4n) is 2.28. The smallest absolute Gasteiger partial charge is 0.269 e. The van der Waals surface area contributed by atoms with Crippen LogP contribution in [0.5, 0.6) is 5.75 Å². The summed E-state index contributed by atoms with van der Waals surface area (Å²) in [4.78, 5) is 21.9. The Labute approximate surface area is 155 Å². The van der Waals surface area contributed by atoms with Crippen LogP contribution < -0.4 is 5.43 Å². The molecule has 0 aromatic heterocycles. The number of non-ortho nitro benzene ring substituents is 1. The zero-order valence-corrected chi connectivity index (χ0v) is 15.2. The molecule has 1 amide bonds. The number of carbonyl (C=O) groups is 1. The minimum absolute atomic E-state index is 0.00212.